The third-order valence-corrected chi connectivity index (χ3v) is 3.94. The molecule has 0 saturated heterocycles. The van der Waals surface area contributed by atoms with Crippen molar-refractivity contribution in [3.63, 3.8) is 0 Å². The molecule has 2 aromatic heterocycles. The Hall–Kier alpha value is -1.65. The lowest BCUT2D eigenvalue weighted by Crippen LogP contribution is -2.23. The molecule has 2 heterocycles. The van der Waals surface area contributed by atoms with Crippen molar-refractivity contribution in [3.8, 4) is 0 Å². The van der Waals surface area contributed by atoms with Crippen LogP contribution in [0.5, 0.6) is 0 Å². The van der Waals surface area contributed by atoms with Crippen molar-refractivity contribution in [2.75, 3.05) is 6.54 Å². The van der Waals surface area contributed by atoms with E-state index in [9.17, 15) is 0 Å². The molecule has 0 aliphatic heterocycles. The van der Waals surface area contributed by atoms with Crippen LogP contribution in [0.2, 0.25) is 0 Å². The van der Waals surface area contributed by atoms with Gasteiger partial charge in [0, 0.05) is 12.6 Å². The van der Waals surface area contributed by atoms with Crippen LogP contribution >= 0.6 is 0 Å². The summed E-state index contributed by atoms with van der Waals surface area (Å²) in [4.78, 5) is 16.8. The number of nitrogens with one attached hydrogen (secondary N) is 1. The average molecular weight is 259 g/mol. The molecule has 3 rings (SSSR count). The Morgan fingerprint density at radius 3 is 2.89 bits per heavy atom. The van der Waals surface area contributed by atoms with Gasteiger partial charge in [-0.2, -0.15) is 0 Å². The Bertz CT molecular complexity index is 631. The van der Waals surface area contributed by atoms with E-state index in [0.29, 0.717) is 6.04 Å². The van der Waals surface area contributed by atoms with Crippen LogP contribution in [0.1, 0.15) is 50.9 Å². The SMILES string of the molecule is CCN=c1nc(C)n(C2CCCCC2)c2nc[nH]c12. The van der Waals surface area contributed by atoms with Gasteiger partial charge < -0.3 is 9.55 Å². The summed E-state index contributed by atoms with van der Waals surface area (Å²) in [6.07, 6.45) is 8.20. The molecule has 5 heteroatoms. The maximum Gasteiger partial charge on any atom is 0.177 e. The predicted octanol–water partition coefficient (Wildman–Crippen LogP) is 2.49. The van der Waals surface area contributed by atoms with Crippen molar-refractivity contribution in [1.82, 2.24) is 19.5 Å². The molecule has 0 bridgehead atoms. The van der Waals surface area contributed by atoms with E-state index in [2.05, 4.69) is 31.4 Å². The fraction of sp³-hybridized carbons (Fsp3) is 0.643. The molecule has 5 nitrogen and oxygen atoms in total. The van der Waals surface area contributed by atoms with Crippen molar-refractivity contribution in [3.05, 3.63) is 17.6 Å². The molecule has 1 N–H and O–H groups in total. The molecule has 0 atom stereocenters. The minimum atomic E-state index is 0.544. The maximum absolute atomic E-state index is 4.66. The van der Waals surface area contributed by atoms with Crippen LogP contribution in [-0.4, -0.2) is 26.1 Å². The number of rotatable bonds is 2. The summed E-state index contributed by atoms with van der Waals surface area (Å²) in [6, 6.07) is 0.544. The zero-order chi connectivity index (χ0) is 13.2. The van der Waals surface area contributed by atoms with Crippen LogP contribution in [0.4, 0.5) is 0 Å². The molecule has 1 fully saturated rings. The molecule has 102 valence electrons. The minimum absolute atomic E-state index is 0.544. The summed E-state index contributed by atoms with van der Waals surface area (Å²) in [5.41, 5.74) is 2.77. The van der Waals surface area contributed by atoms with Crippen molar-refractivity contribution < 1.29 is 0 Å². The summed E-state index contributed by atoms with van der Waals surface area (Å²) < 4.78 is 2.31. The second-order valence-corrected chi connectivity index (χ2v) is 5.22. The molecule has 1 saturated carbocycles. The topological polar surface area (TPSA) is 58.9 Å². The number of nitrogens with zero attached hydrogens (tertiary/aromatic N) is 4. The first-order valence-corrected chi connectivity index (χ1v) is 7.24. The zero-order valence-corrected chi connectivity index (χ0v) is 11.7. The fourth-order valence-electron chi connectivity index (χ4n) is 3.09. The Morgan fingerprint density at radius 1 is 1.37 bits per heavy atom. The molecule has 0 unspecified atom stereocenters. The van der Waals surface area contributed by atoms with Crippen molar-refractivity contribution >= 4 is 11.2 Å². The van der Waals surface area contributed by atoms with Crippen LogP contribution in [0, 0.1) is 6.92 Å². The molecule has 1 aliphatic rings. The van der Waals surface area contributed by atoms with Crippen molar-refractivity contribution in [2.45, 2.75) is 52.0 Å². The highest BCUT2D eigenvalue weighted by atomic mass is 15.2. The van der Waals surface area contributed by atoms with Crippen LogP contribution in [0.15, 0.2) is 11.3 Å². The predicted molar refractivity (Wildman–Crippen MR) is 74.8 cm³/mol. The van der Waals surface area contributed by atoms with Gasteiger partial charge in [0.05, 0.1) is 6.33 Å². The Morgan fingerprint density at radius 2 is 2.16 bits per heavy atom. The number of aromatic amines is 1. The van der Waals surface area contributed by atoms with Crippen molar-refractivity contribution in [1.29, 1.82) is 0 Å². The van der Waals surface area contributed by atoms with E-state index in [-0.39, 0.29) is 0 Å². The van der Waals surface area contributed by atoms with Gasteiger partial charge in [0.15, 0.2) is 11.1 Å². The highest BCUT2D eigenvalue weighted by molar-refractivity contribution is 5.69. The Kier molecular flexibility index (Phi) is 3.36. The number of aryl methyl sites for hydroxylation is 1. The number of hydrogen-bond acceptors (Lipinski definition) is 3. The zero-order valence-electron chi connectivity index (χ0n) is 11.7. The minimum Gasteiger partial charge on any atom is -0.340 e. The van der Waals surface area contributed by atoms with Crippen LogP contribution in [0.3, 0.4) is 0 Å². The maximum atomic E-state index is 4.66. The van der Waals surface area contributed by atoms with Gasteiger partial charge in [-0.15, -0.1) is 0 Å². The largest absolute Gasteiger partial charge is 0.340 e. The standard InChI is InChI=1S/C14H21N5/c1-3-15-13-12-14(17-9-16-12)19(10(2)18-13)11-7-5-4-6-8-11/h9,11H,3-8H2,1-2H3,(H,16,17). The lowest BCUT2D eigenvalue weighted by molar-refractivity contribution is 0.351. The second kappa shape index (κ2) is 5.15. The first-order chi connectivity index (χ1) is 9.31. The van der Waals surface area contributed by atoms with Gasteiger partial charge in [-0.1, -0.05) is 19.3 Å². The summed E-state index contributed by atoms with van der Waals surface area (Å²) in [7, 11) is 0. The number of imidazole rings is 1. The molecule has 0 spiro atoms. The van der Waals surface area contributed by atoms with E-state index in [4.69, 9.17) is 0 Å². The summed E-state index contributed by atoms with van der Waals surface area (Å²) in [5.74, 6) is 1.03. The normalized spacial score (nSPS) is 18.3. The highest BCUT2D eigenvalue weighted by Crippen LogP contribution is 2.30. The smallest absolute Gasteiger partial charge is 0.177 e. The number of H-pyrrole nitrogens is 1. The van der Waals surface area contributed by atoms with Gasteiger partial charge >= 0.3 is 0 Å². The van der Waals surface area contributed by atoms with Gasteiger partial charge in [0.25, 0.3) is 0 Å². The summed E-state index contributed by atoms with van der Waals surface area (Å²) in [5, 5.41) is 0. The average Bonchev–Trinajstić information content (AvgIpc) is 2.89. The van der Waals surface area contributed by atoms with Gasteiger partial charge in [-0.05, 0) is 26.7 Å². The van der Waals surface area contributed by atoms with Crippen LogP contribution in [0.25, 0.3) is 11.2 Å². The molecular weight excluding hydrogens is 238 g/mol. The molecule has 2 aromatic rings. The third-order valence-electron chi connectivity index (χ3n) is 3.94. The van der Waals surface area contributed by atoms with Gasteiger partial charge in [0.2, 0.25) is 0 Å². The van der Waals surface area contributed by atoms with E-state index in [1.807, 2.05) is 6.92 Å². The summed E-state index contributed by atoms with van der Waals surface area (Å²) in [6.45, 7) is 4.84. The molecule has 19 heavy (non-hydrogen) atoms. The molecule has 1 aliphatic carbocycles. The molecule has 0 amide bonds. The highest BCUT2D eigenvalue weighted by Gasteiger charge is 2.20. The van der Waals surface area contributed by atoms with Gasteiger partial charge in [-0.3, -0.25) is 4.99 Å². The number of fused-ring (bicyclic) bond motifs is 1. The summed E-state index contributed by atoms with van der Waals surface area (Å²) >= 11 is 0. The quantitative estimate of drug-likeness (QED) is 0.900. The van der Waals surface area contributed by atoms with E-state index < -0.39 is 0 Å². The van der Waals surface area contributed by atoms with E-state index >= 15 is 0 Å². The third kappa shape index (κ3) is 2.17. The monoisotopic (exact) mass is 259 g/mol. The fourth-order valence-corrected chi connectivity index (χ4v) is 3.09. The molecule has 0 aromatic carbocycles. The Labute approximate surface area is 112 Å². The number of aromatic nitrogens is 4. The lowest BCUT2D eigenvalue weighted by atomic mass is 9.95. The molecular formula is C14H21N5. The van der Waals surface area contributed by atoms with Gasteiger partial charge in [-0.25, -0.2) is 9.97 Å². The number of hydrogen-bond donors (Lipinski definition) is 1. The van der Waals surface area contributed by atoms with E-state index in [0.717, 1.165) is 29.0 Å². The first kappa shape index (κ1) is 12.4. The Balaban J connectivity index is 2.19. The first-order valence-electron chi connectivity index (χ1n) is 7.24. The van der Waals surface area contributed by atoms with E-state index in [1.165, 1.54) is 32.1 Å². The van der Waals surface area contributed by atoms with Gasteiger partial charge in [0.1, 0.15) is 11.3 Å². The lowest BCUT2D eigenvalue weighted by Gasteiger charge is -2.26. The van der Waals surface area contributed by atoms with E-state index in [1.54, 1.807) is 6.33 Å². The second-order valence-electron chi connectivity index (χ2n) is 5.22. The van der Waals surface area contributed by atoms with Crippen molar-refractivity contribution in [2.24, 2.45) is 4.99 Å². The van der Waals surface area contributed by atoms with Crippen LogP contribution in [-0.2, 0) is 0 Å². The molecule has 0 radical (unpaired) electrons. The van der Waals surface area contributed by atoms with Crippen LogP contribution < -0.4 is 5.49 Å².